The van der Waals surface area contributed by atoms with E-state index in [1.165, 1.54) is 53.7 Å². The Kier molecular flexibility index (Phi) is 6.91. The lowest BCUT2D eigenvalue weighted by Crippen LogP contribution is -2.41. The predicted octanol–water partition coefficient (Wildman–Crippen LogP) is 1.80. The van der Waals surface area contributed by atoms with E-state index >= 15 is 0 Å². The number of carbonyl (C=O) groups is 2. The van der Waals surface area contributed by atoms with E-state index in [9.17, 15) is 9.59 Å². The summed E-state index contributed by atoms with van der Waals surface area (Å²) >= 11 is 0. The Balaban J connectivity index is 2.16. The van der Waals surface area contributed by atoms with E-state index in [1.807, 2.05) is 0 Å². The molecule has 0 aliphatic carbocycles. The Hall–Kier alpha value is -3.62. The monoisotopic (exact) mass is 390 g/mol. The zero-order chi connectivity index (χ0) is 20.7. The third-order valence-electron chi connectivity index (χ3n) is 3.89. The highest BCUT2D eigenvalue weighted by Crippen LogP contribution is 2.34. The third kappa shape index (κ3) is 4.37. The molecular weight excluding hydrogens is 368 g/mol. The van der Waals surface area contributed by atoms with Gasteiger partial charge in [0.1, 0.15) is 5.75 Å². The fourth-order valence-electron chi connectivity index (χ4n) is 2.44. The first kappa shape index (κ1) is 20.7. The van der Waals surface area contributed by atoms with Gasteiger partial charge in [-0.05, 0) is 18.2 Å². The number of methoxy groups -OCH3 is 5. The lowest BCUT2D eigenvalue weighted by Gasteiger charge is -2.14. The minimum Gasteiger partial charge on any atom is -0.496 e. The molecule has 0 unspecified atom stereocenters. The van der Waals surface area contributed by atoms with Crippen molar-refractivity contribution < 1.29 is 33.3 Å². The van der Waals surface area contributed by atoms with E-state index in [-0.39, 0.29) is 16.9 Å². The van der Waals surface area contributed by atoms with Gasteiger partial charge >= 0.3 is 0 Å². The van der Waals surface area contributed by atoms with Crippen molar-refractivity contribution >= 4 is 11.8 Å². The Morgan fingerprint density at radius 1 is 0.607 bits per heavy atom. The maximum absolute atomic E-state index is 12.5. The van der Waals surface area contributed by atoms with E-state index in [0.29, 0.717) is 23.0 Å². The summed E-state index contributed by atoms with van der Waals surface area (Å²) in [7, 11) is 7.30. The molecule has 2 aromatic carbocycles. The van der Waals surface area contributed by atoms with E-state index in [2.05, 4.69) is 10.9 Å². The van der Waals surface area contributed by atoms with E-state index < -0.39 is 11.8 Å². The second kappa shape index (κ2) is 9.36. The number of nitrogens with one attached hydrogen (secondary N) is 2. The minimum atomic E-state index is -0.591. The number of ether oxygens (including phenoxy) is 5. The van der Waals surface area contributed by atoms with Gasteiger partial charge in [-0.1, -0.05) is 0 Å². The Labute approximate surface area is 162 Å². The average molecular weight is 390 g/mol. The summed E-state index contributed by atoms with van der Waals surface area (Å²) in [4.78, 5) is 24.8. The molecule has 0 radical (unpaired) electrons. The molecule has 2 aromatic rings. The summed E-state index contributed by atoms with van der Waals surface area (Å²) in [6.07, 6.45) is 0. The van der Waals surface area contributed by atoms with Gasteiger partial charge in [0, 0.05) is 17.7 Å². The molecule has 2 rings (SSSR count). The van der Waals surface area contributed by atoms with Gasteiger partial charge in [0.15, 0.2) is 23.0 Å². The van der Waals surface area contributed by atoms with Gasteiger partial charge in [-0.25, -0.2) is 0 Å². The van der Waals surface area contributed by atoms with Crippen molar-refractivity contribution in [3.05, 3.63) is 41.5 Å². The molecule has 0 aliphatic heterocycles. The number of hydrogen-bond acceptors (Lipinski definition) is 7. The fourth-order valence-corrected chi connectivity index (χ4v) is 2.44. The molecule has 150 valence electrons. The quantitative estimate of drug-likeness (QED) is 0.695. The van der Waals surface area contributed by atoms with Crippen LogP contribution in [0.2, 0.25) is 0 Å². The topological polar surface area (TPSA) is 104 Å². The minimum absolute atomic E-state index is 0.160. The molecule has 2 amide bonds. The maximum Gasteiger partial charge on any atom is 0.273 e. The van der Waals surface area contributed by atoms with Crippen LogP contribution in [0.25, 0.3) is 0 Å². The molecule has 0 fully saturated rings. The molecular formula is C19H22N2O7. The van der Waals surface area contributed by atoms with Gasteiger partial charge in [0.05, 0.1) is 41.1 Å². The van der Waals surface area contributed by atoms with E-state index in [4.69, 9.17) is 23.7 Å². The zero-order valence-electron chi connectivity index (χ0n) is 16.2. The predicted molar refractivity (Wildman–Crippen MR) is 101 cm³/mol. The van der Waals surface area contributed by atoms with Gasteiger partial charge in [0.25, 0.3) is 11.8 Å². The van der Waals surface area contributed by atoms with Crippen molar-refractivity contribution in [2.24, 2.45) is 0 Å². The first-order chi connectivity index (χ1) is 13.5. The maximum atomic E-state index is 12.5. The van der Waals surface area contributed by atoms with Gasteiger partial charge in [0.2, 0.25) is 0 Å². The lowest BCUT2D eigenvalue weighted by molar-refractivity contribution is 0.0844. The van der Waals surface area contributed by atoms with Crippen molar-refractivity contribution in [1.82, 2.24) is 10.9 Å². The lowest BCUT2D eigenvalue weighted by atomic mass is 10.1. The Morgan fingerprint density at radius 3 is 1.68 bits per heavy atom. The number of carbonyl (C=O) groups excluding carboxylic acids is 2. The number of benzene rings is 2. The molecule has 9 nitrogen and oxygen atoms in total. The summed E-state index contributed by atoms with van der Waals surface area (Å²) in [5.74, 6) is 0.766. The summed E-state index contributed by atoms with van der Waals surface area (Å²) < 4.78 is 25.9. The molecule has 0 aliphatic rings. The van der Waals surface area contributed by atoms with Crippen LogP contribution in [-0.4, -0.2) is 47.4 Å². The first-order valence-electron chi connectivity index (χ1n) is 8.11. The first-order valence-corrected chi connectivity index (χ1v) is 8.11. The van der Waals surface area contributed by atoms with Crippen LogP contribution in [0.1, 0.15) is 20.7 Å². The van der Waals surface area contributed by atoms with Gasteiger partial charge in [-0.3, -0.25) is 20.4 Å². The number of amides is 2. The van der Waals surface area contributed by atoms with Gasteiger partial charge in [-0.15, -0.1) is 0 Å². The van der Waals surface area contributed by atoms with Crippen molar-refractivity contribution in [3.8, 4) is 28.7 Å². The van der Waals surface area contributed by atoms with Crippen molar-refractivity contribution in [1.29, 1.82) is 0 Å². The summed E-state index contributed by atoms with van der Waals surface area (Å²) in [6, 6.07) is 7.60. The van der Waals surface area contributed by atoms with Crippen LogP contribution >= 0.6 is 0 Å². The molecule has 0 atom stereocenters. The largest absolute Gasteiger partial charge is 0.496 e. The number of hydrogen-bond donors (Lipinski definition) is 2. The second-order valence-corrected chi connectivity index (χ2v) is 5.39. The fraction of sp³-hybridized carbons (Fsp3) is 0.263. The van der Waals surface area contributed by atoms with Crippen LogP contribution in [0.3, 0.4) is 0 Å². The van der Waals surface area contributed by atoms with E-state index in [1.54, 1.807) is 12.1 Å². The molecule has 0 aromatic heterocycles. The van der Waals surface area contributed by atoms with Crippen LogP contribution < -0.4 is 34.5 Å². The van der Waals surface area contributed by atoms with Gasteiger partial charge in [-0.2, -0.15) is 0 Å². The standard InChI is InChI=1S/C19H22N2O7/c1-24-13-7-6-11(8-15(13)26-3)18(22)20-21-19(23)12-9-16(27-4)17(28-5)10-14(12)25-2/h6-10H,1-5H3,(H,20,22)(H,21,23). The summed E-state index contributed by atoms with van der Waals surface area (Å²) in [5, 5.41) is 0. The SMILES string of the molecule is COc1ccc(C(=O)NNC(=O)c2cc(OC)c(OC)cc2OC)cc1OC. The molecule has 0 heterocycles. The molecule has 0 spiro atoms. The number of rotatable bonds is 7. The highest BCUT2D eigenvalue weighted by molar-refractivity contribution is 6.01. The van der Waals surface area contributed by atoms with Crippen LogP contribution in [0.4, 0.5) is 0 Å². The van der Waals surface area contributed by atoms with Gasteiger partial charge < -0.3 is 23.7 Å². The second-order valence-electron chi connectivity index (χ2n) is 5.39. The highest BCUT2D eigenvalue weighted by Gasteiger charge is 2.19. The zero-order valence-corrected chi connectivity index (χ0v) is 16.2. The van der Waals surface area contributed by atoms with Crippen molar-refractivity contribution in [3.63, 3.8) is 0 Å². The number of hydrazine groups is 1. The van der Waals surface area contributed by atoms with Crippen LogP contribution in [0, 0.1) is 0 Å². The average Bonchev–Trinajstić information content (AvgIpc) is 2.75. The van der Waals surface area contributed by atoms with Crippen molar-refractivity contribution in [2.75, 3.05) is 35.5 Å². The van der Waals surface area contributed by atoms with Crippen LogP contribution in [0.15, 0.2) is 30.3 Å². The summed E-state index contributed by atoms with van der Waals surface area (Å²) in [5.41, 5.74) is 5.12. The molecule has 0 saturated carbocycles. The summed E-state index contributed by atoms with van der Waals surface area (Å²) in [6.45, 7) is 0. The van der Waals surface area contributed by atoms with Crippen LogP contribution in [-0.2, 0) is 0 Å². The molecule has 0 saturated heterocycles. The third-order valence-corrected chi connectivity index (χ3v) is 3.89. The van der Waals surface area contributed by atoms with E-state index in [0.717, 1.165) is 0 Å². The molecule has 28 heavy (non-hydrogen) atoms. The smallest absolute Gasteiger partial charge is 0.273 e. The van der Waals surface area contributed by atoms with Crippen LogP contribution in [0.5, 0.6) is 28.7 Å². The highest BCUT2D eigenvalue weighted by atomic mass is 16.5. The Bertz CT molecular complexity index is 868. The Morgan fingerprint density at radius 2 is 1.11 bits per heavy atom. The molecule has 9 heteroatoms. The normalized spacial score (nSPS) is 9.89. The molecule has 2 N–H and O–H groups in total. The van der Waals surface area contributed by atoms with Crippen molar-refractivity contribution in [2.45, 2.75) is 0 Å². The molecule has 0 bridgehead atoms.